The second-order valence-electron chi connectivity index (χ2n) is 9.33. The number of rotatable bonds is 9. The lowest BCUT2D eigenvalue weighted by molar-refractivity contribution is 0.100. The summed E-state index contributed by atoms with van der Waals surface area (Å²) >= 11 is 7.84. The van der Waals surface area contributed by atoms with Crippen molar-refractivity contribution in [3.63, 3.8) is 0 Å². The number of hydrogen-bond acceptors (Lipinski definition) is 8. The summed E-state index contributed by atoms with van der Waals surface area (Å²) in [7, 11) is -4.07. The summed E-state index contributed by atoms with van der Waals surface area (Å²) in [4.78, 5) is 21.8. The average Bonchev–Trinajstić information content (AvgIpc) is 3.57. The number of benzene rings is 1. The van der Waals surface area contributed by atoms with Crippen LogP contribution < -0.4 is 5.14 Å². The van der Waals surface area contributed by atoms with Crippen LogP contribution in [0.25, 0.3) is 10.1 Å². The summed E-state index contributed by atoms with van der Waals surface area (Å²) in [5, 5.41) is 19.1. The van der Waals surface area contributed by atoms with Gasteiger partial charge in [-0.05, 0) is 65.8 Å². The molecular formula is C25H25ClN4O5S2. The highest BCUT2D eigenvalue weighted by molar-refractivity contribution is 7.84. The number of aromatic nitrogens is 3. The molecule has 9 nitrogen and oxygen atoms in total. The summed E-state index contributed by atoms with van der Waals surface area (Å²) in [6.45, 7) is 0.429. The minimum atomic E-state index is -4.07. The first kappa shape index (κ1) is 26.0. The highest BCUT2D eigenvalue weighted by Crippen LogP contribution is 2.34. The molecule has 0 amide bonds. The number of nitrogens with zero attached hydrogens (tertiary/aromatic N) is 3. The van der Waals surface area contributed by atoms with Gasteiger partial charge in [-0.2, -0.15) is 8.42 Å². The van der Waals surface area contributed by atoms with Gasteiger partial charge in [0.1, 0.15) is 6.33 Å². The van der Waals surface area contributed by atoms with Gasteiger partial charge in [0.25, 0.3) is 0 Å². The van der Waals surface area contributed by atoms with Gasteiger partial charge in [0.15, 0.2) is 5.78 Å². The molecule has 1 saturated carbocycles. The SMILES string of the molecule is NS(=O)(=O)OC[C@H]1C[C@@H](Cc2ncncc2C(=O)c2ccn(Cc3csc4ccc(Cl)cc34)c2)C[C@@H]1O. The number of halogens is 1. The second-order valence-corrected chi connectivity index (χ2v) is 11.9. The van der Waals surface area contributed by atoms with Gasteiger partial charge in [-0.1, -0.05) is 11.6 Å². The maximum absolute atomic E-state index is 13.4. The van der Waals surface area contributed by atoms with E-state index in [1.807, 2.05) is 35.2 Å². The molecule has 0 aliphatic heterocycles. The van der Waals surface area contributed by atoms with Crippen LogP contribution in [0.1, 0.15) is 40.0 Å². The van der Waals surface area contributed by atoms with Crippen LogP contribution >= 0.6 is 22.9 Å². The molecule has 3 N–H and O–H groups in total. The van der Waals surface area contributed by atoms with Crippen molar-refractivity contribution in [3.8, 4) is 0 Å². The molecule has 37 heavy (non-hydrogen) atoms. The van der Waals surface area contributed by atoms with Gasteiger partial charge < -0.3 is 9.67 Å². The van der Waals surface area contributed by atoms with Crippen molar-refractivity contribution in [1.82, 2.24) is 14.5 Å². The lowest BCUT2D eigenvalue weighted by Crippen LogP contribution is -2.24. The molecule has 3 atom stereocenters. The van der Waals surface area contributed by atoms with Crippen molar-refractivity contribution in [1.29, 1.82) is 0 Å². The minimum Gasteiger partial charge on any atom is -0.393 e. The third kappa shape index (κ3) is 6.08. The van der Waals surface area contributed by atoms with Crippen molar-refractivity contribution in [2.24, 2.45) is 17.0 Å². The van der Waals surface area contributed by atoms with E-state index in [4.69, 9.17) is 16.7 Å². The third-order valence-electron chi connectivity index (χ3n) is 6.70. The quantitative estimate of drug-likeness (QED) is 0.298. The molecule has 0 spiro atoms. The molecule has 0 bridgehead atoms. The van der Waals surface area contributed by atoms with Crippen LogP contribution in [0.3, 0.4) is 0 Å². The third-order valence-corrected chi connectivity index (χ3v) is 8.42. The van der Waals surface area contributed by atoms with E-state index in [0.717, 1.165) is 15.6 Å². The van der Waals surface area contributed by atoms with Gasteiger partial charge in [0.05, 0.1) is 24.0 Å². The van der Waals surface area contributed by atoms with Crippen LogP contribution in [-0.4, -0.2) is 46.6 Å². The maximum Gasteiger partial charge on any atom is 0.333 e. The van der Waals surface area contributed by atoms with E-state index in [1.54, 1.807) is 17.4 Å². The van der Waals surface area contributed by atoms with Gasteiger partial charge in [-0.3, -0.25) is 8.98 Å². The molecule has 1 fully saturated rings. The Morgan fingerprint density at radius 1 is 1.30 bits per heavy atom. The van der Waals surface area contributed by atoms with Crippen LogP contribution in [0.4, 0.5) is 0 Å². The largest absolute Gasteiger partial charge is 0.393 e. The van der Waals surface area contributed by atoms with E-state index >= 15 is 0 Å². The molecular weight excluding hydrogens is 536 g/mol. The first-order valence-corrected chi connectivity index (χ1v) is 14.4. The average molecular weight is 561 g/mol. The predicted molar refractivity (Wildman–Crippen MR) is 141 cm³/mol. The molecule has 0 radical (unpaired) electrons. The molecule has 0 saturated heterocycles. The number of aliphatic hydroxyl groups excluding tert-OH is 1. The smallest absolute Gasteiger partial charge is 0.333 e. The van der Waals surface area contributed by atoms with E-state index in [2.05, 4.69) is 19.5 Å². The molecule has 12 heteroatoms. The number of fused-ring (bicyclic) bond motifs is 1. The lowest BCUT2D eigenvalue weighted by Gasteiger charge is -2.13. The normalized spacial score (nSPS) is 20.0. The number of carbonyl (C=O) groups is 1. The van der Waals surface area contributed by atoms with Gasteiger partial charge in [-0.15, -0.1) is 11.3 Å². The van der Waals surface area contributed by atoms with Gasteiger partial charge in [0.2, 0.25) is 0 Å². The zero-order chi connectivity index (χ0) is 26.2. The number of nitrogens with two attached hydrogens (primary N) is 1. The van der Waals surface area contributed by atoms with Crippen LogP contribution in [0.5, 0.6) is 0 Å². The van der Waals surface area contributed by atoms with Crippen molar-refractivity contribution in [2.45, 2.75) is 31.9 Å². The van der Waals surface area contributed by atoms with Gasteiger partial charge >= 0.3 is 10.3 Å². The summed E-state index contributed by atoms with van der Waals surface area (Å²) in [5.74, 6) is -0.532. The zero-order valence-corrected chi connectivity index (χ0v) is 22.0. The van der Waals surface area contributed by atoms with E-state index in [0.29, 0.717) is 47.7 Å². The zero-order valence-electron chi connectivity index (χ0n) is 19.7. The van der Waals surface area contributed by atoms with Crippen LogP contribution in [-0.2, 0) is 27.5 Å². The topological polar surface area (TPSA) is 137 Å². The maximum atomic E-state index is 13.4. The van der Waals surface area contributed by atoms with Crippen LogP contribution in [0, 0.1) is 11.8 Å². The van der Waals surface area contributed by atoms with Crippen LogP contribution in [0.15, 0.2) is 54.6 Å². The van der Waals surface area contributed by atoms with E-state index in [-0.39, 0.29) is 24.2 Å². The summed E-state index contributed by atoms with van der Waals surface area (Å²) < 4.78 is 30.0. The number of hydrogen-bond donors (Lipinski definition) is 2. The minimum absolute atomic E-state index is 0.00817. The number of aliphatic hydroxyl groups is 1. The Balaban J connectivity index is 1.29. The predicted octanol–water partition coefficient (Wildman–Crippen LogP) is 3.58. The monoisotopic (exact) mass is 560 g/mol. The lowest BCUT2D eigenvalue weighted by atomic mass is 9.95. The molecule has 1 aromatic carbocycles. The van der Waals surface area contributed by atoms with E-state index < -0.39 is 16.4 Å². The molecule has 1 aliphatic rings. The second kappa shape index (κ2) is 10.6. The van der Waals surface area contributed by atoms with E-state index in [9.17, 15) is 18.3 Å². The van der Waals surface area contributed by atoms with E-state index in [1.165, 1.54) is 12.5 Å². The molecule has 3 aromatic heterocycles. The van der Waals surface area contributed by atoms with Crippen molar-refractivity contribution in [2.75, 3.05) is 6.61 Å². The molecule has 3 heterocycles. The molecule has 5 rings (SSSR count). The number of carbonyl (C=O) groups excluding carboxylic acids is 1. The molecule has 4 aromatic rings. The fourth-order valence-electron chi connectivity index (χ4n) is 4.93. The Hall–Kier alpha value is -2.67. The first-order valence-electron chi connectivity index (χ1n) is 11.7. The van der Waals surface area contributed by atoms with Gasteiger partial charge in [0, 0.05) is 46.3 Å². The summed E-state index contributed by atoms with van der Waals surface area (Å²) in [6.07, 6.45) is 7.32. The number of ketones is 1. The Kier molecular flexibility index (Phi) is 7.44. The fraction of sp³-hybridized carbons (Fsp3) is 0.320. The van der Waals surface area contributed by atoms with Gasteiger partial charge in [-0.25, -0.2) is 15.1 Å². The number of thiophene rings is 1. The highest BCUT2D eigenvalue weighted by Gasteiger charge is 2.35. The Labute approximate surface area is 223 Å². The Morgan fingerprint density at radius 2 is 2.14 bits per heavy atom. The first-order chi connectivity index (χ1) is 17.7. The Bertz CT molecular complexity index is 1550. The molecule has 1 aliphatic carbocycles. The standard InChI is InChI=1S/C25H25ClN4O5S2/c26-19-1-2-24-20(8-19)18(13-36-24)11-30-4-3-16(10-30)25(32)21-9-28-14-29-22(21)6-15-5-17(23(31)7-15)12-35-37(27,33)34/h1-4,8-10,13-15,17,23,31H,5-7,11-12H2,(H2,27,33,34)/t15-,17+,23-/m0/s1. The molecule has 194 valence electrons. The van der Waals surface area contributed by atoms with Crippen molar-refractivity contribution in [3.05, 3.63) is 82.0 Å². The summed E-state index contributed by atoms with van der Waals surface area (Å²) in [6, 6.07) is 7.62. The summed E-state index contributed by atoms with van der Waals surface area (Å²) in [5.41, 5.74) is 2.66. The molecule has 0 unspecified atom stereocenters. The van der Waals surface area contributed by atoms with Crippen molar-refractivity contribution >= 4 is 49.1 Å². The Morgan fingerprint density at radius 3 is 2.95 bits per heavy atom. The van der Waals surface area contributed by atoms with Crippen LogP contribution in [0.2, 0.25) is 5.02 Å². The van der Waals surface area contributed by atoms with Crippen molar-refractivity contribution < 1.29 is 22.5 Å². The fourth-order valence-corrected chi connectivity index (χ4v) is 6.40. The highest BCUT2D eigenvalue weighted by atomic mass is 35.5.